The molecule has 0 saturated carbocycles. The molecule has 3 amide bonds. The molecule has 1 aromatic carbocycles. The fraction of sp³-hybridized carbons (Fsp3) is 0.300. The zero-order valence-corrected chi connectivity index (χ0v) is 17.3. The van der Waals surface area contributed by atoms with Gasteiger partial charge in [0.25, 0.3) is 5.69 Å². The first-order valence-electron chi connectivity index (χ1n) is 9.64. The highest BCUT2D eigenvalue weighted by molar-refractivity contribution is 6.02. The summed E-state index contributed by atoms with van der Waals surface area (Å²) in [6.07, 6.45) is 2.01. The number of amides is 3. The second-order valence-corrected chi connectivity index (χ2v) is 7.27. The molecular weight excluding hydrogens is 422 g/mol. The smallest absolute Gasteiger partial charge is 0.344 e. The molecule has 1 atom stereocenters. The molecule has 0 spiro atoms. The van der Waals surface area contributed by atoms with Crippen LogP contribution in [0.5, 0.6) is 0 Å². The van der Waals surface area contributed by atoms with Gasteiger partial charge in [0.1, 0.15) is 18.6 Å². The zero-order valence-electron chi connectivity index (χ0n) is 17.3. The molecule has 1 fully saturated rings. The van der Waals surface area contributed by atoms with Gasteiger partial charge in [-0.25, -0.2) is 9.80 Å². The van der Waals surface area contributed by atoms with E-state index in [2.05, 4.69) is 15.9 Å². The molecule has 32 heavy (non-hydrogen) atoms. The van der Waals surface area contributed by atoms with Crippen molar-refractivity contribution in [1.29, 1.82) is 0 Å². The van der Waals surface area contributed by atoms with Crippen LogP contribution in [0.1, 0.15) is 25.2 Å². The van der Waals surface area contributed by atoms with Crippen molar-refractivity contribution >= 4 is 30.1 Å². The topological polar surface area (TPSA) is 156 Å². The molecule has 0 bridgehead atoms. The first-order valence-corrected chi connectivity index (χ1v) is 9.64. The van der Waals surface area contributed by atoms with Crippen LogP contribution in [-0.2, 0) is 21.0 Å². The van der Waals surface area contributed by atoms with Crippen LogP contribution in [0.25, 0.3) is 11.3 Å². The van der Waals surface area contributed by atoms with E-state index < -0.39 is 22.9 Å². The fourth-order valence-corrected chi connectivity index (χ4v) is 2.74. The van der Waals surface area contributed by atoms with E-state index in [0.717, 1.165) is 11.3 Å². The number of furan rings is 1. The molecule has 168 valence electrons. The van der Waals surface area contributed by atoms with Crippen molar-refractivity contribution in [2.24, 2.45) is 11.0 Å². The average molecular weight is 443 g/mol. The number of non-ortho nitro benzene ring substituents is 1. The standard InChI is InChI=1S/C20H21N5O7/c1-12(2)16(10-26)23-31-11-14-7-17(13-3-5-15(6-4-13)25(29)30)32-18(14)8-21-24-9-19(27)22-20(24)28/h3-8,10,12,16,23H,9,11H2,1-2H3,(H,22,27,28)/b21-8+/t16-/m1/s1. The molecule has 1 aliphatic rings. The monoisotopic (exact) mass is 443 g/mol. The van der Waals surface area contributed by atoms with E-state index >= 15 is 0 Å². The molecule has 1 saturated heterocycles. The van der Waals surface area contributed by atoms with E-state index in [1.165, 1.54) is 30.5 Å². The van der Waals surface area contributed by atoms with Crippen LogP contribution in [0.3, 0.4) is 0 Å². The number of hydrogen-bond donors (Lipinski definition) is 2. The lowest BCUT2D eigenvalue weighted by Gasteiger charge is -2.15. The van der Waals surface area contributed by atoms with Gasteiger partial charge in [0.05, 0.1) is 23.8 Å². The maximum absolute atomic E-state index is 11.7. The second-order valence-electron chi connectivity index (χ2n) is 7.27. The summed E-state index contributed by atoms with van der Waals surface area (Å²) in [6, 6.07) is 6.27. The molecule has 1 aliphatic heterocycles. The van der Waals surface area contributed by atoms with Crippen molar-refractivity contribution in [3.05, 3.63) is 51.8 Å². The predicted molar refractivity (Wildman–Crippen MR) is 111 cm³/mol. The van der Waals surface area contributed by atoms with Gasteiger partial charge in [-0.2, -0.15) is 10.6 Å². The summed E-state index contributed by atoms with van der Waals surface area (Å²) >= 11 is 0. The van der Waals surface area contributed by atoms with Gasteiger partial charge in [0.2, 0.25) is 5.91 Å². The highest BCUT2D eigenvalue weighted by atomic mass is 16.6. The summed E-state index contributed by atoms with van der Waals surface area (Å²) in [5.41, 5.74) is 3.72. The Balaban J connectivity index is 1.83. The average Bonchev–Trinajstić information content (AvgIpc) is 3.31. The van der Waals surface area contributed by atoms with Gasteiger partial charge < -0.3 is 9.21 Å². The third kappa shape index (κ3) is 5.42. The van der Waals surface area contributed by atoms with Gasteiger partial charge in [-0.3, -0.25) is 25.1 Å². The lowest BCUT2D eigenvalue weighted by atomic mass is 10.1. The minimum absolute atomic E-state index is 0.0000215. The summed E-state index contributed by atoms with van der Waals surface area (Å²) < 4.78 is 5.81. The maximum atomic E-state index is 11.7. The van der Waals surface area contributed by atoms with Gasteiger partial charge in [-0.15, -0.1) is 0 Å². The molecule has 2 heterocycles. The number of nitro benzene ring substituents is 1. The maximum Gasteiger partial charge on any atom is 0.344 e. The van der Waals surface area contributed by atoms with Crippen LogP contribution in [-0.4, -0.2) is 47.0 Å². The number of benzene rings is 1. The number of imide groups is 1. The first kappa shape index (κ1) is 22.8. The van der Waals surface area contributed by atoms with Crippen molar-refractivity contribution in [2.75, 3.05) is 6.54 Å². The Labute approximate surface area is 182 Å². The highest BCUT2D eigenvalue weighted by Gasteiger charge is 2.26. The van der Waals surface area contributed by atoms with Crippen molar-refractivity contribution in [3.63, 3.8) is 0 Å². The number of rotatable bonds is 10. The van der Waals surface area contributed by atoms with Gasteiger partial charge in [-0.05, 0) is 24.1 Å². The van der Waals surface area contributed by atoms with Crippen LogP contribution in [0, 0.1) is 16.0 Å². The quantitative estimate of drug-likeness (QED) is 0.186. The van der Waals surface area contributed by atoms with Crippen molar-refractivity contribution < 1.29 is 28.6 Å². The molecule has 2 aromatic rings. The molecule has 0 radical (unpaired) electrons. The molecule has 2 N–H and O–H groups in total. The predicted octanol–water partition coefficient (Wildman–Crippen LogP) is 1.99. The lowest BCUT2D eigenvalue weighted by molar-refractivity contribution is -0.384. The van der Waals surface area contributed by atoms with Crippen LogP contribution in [0.2, 0.25) is 0 Å². The van der Waals surface area contributed by atoms with E-state index in [0.29, 0.717) is 16.9 Å². The van der Waals surface area contributed by atoms with E-state index in [1.807, 2.05) is 13.8 Å². The van der Waals surface area contributed by atoms with Crippen LogP contribution >= 0.6 is 0 Å². The number of nitro groups is 1. The number of nitrogens with one attached hydrogen (secondary N) is 2. The van der Waals surface area contributed by atoms with Crippen molar-refractivity contribution in [2.45, 2.75) is 26.5 Å². The number of aldehydes is 1. The number of hydrazone groups is 1. The normalized spacial score (nSPS) is 14.9. The van der Waals surface area contributed by atoms with Gasteiger partial charge in [-0.1, -0.05) is 13.8 Å². The van der Waals surface area contributed by atoms with Gasteiger partial charge in [0.15, 0.2) is 5.76 Å². The summed E-state index contributed by atoms with van der Waals surface area (Å²) in [5, 5.41) is 17.9. The van der Waals surface area contributed by atoms with E-state index in [1.54, 1.807) is 6.07 Å². The first-order chi connectivity index (χ1) is 15.3. The minimum Gasteiger partial charge on any atom is -0.455 e. The summed E-state index contributed by atoms with van der Waals surface area (Å²) in [4.78, 5) is 49.9. The highest BCUT2D eigenvalue weighted by Crippen LogP contribution is 2.27. The molecule has 12 nitrogen and oxygen atoms in total. The third-order valence-corrected chi connectivity index (χ3v) is 4.60. The Hall–Kier alpha value is -3.90. The largest absolute Gasteiger partial charge is 0.455 e. The number of urea groups is 1. The van der Waals surface area contributed by atoms with Gasteiger partial charge >= 0.3 is 6.03 Å². The van der Waals surface area contributed by atoms with Crippen LogP contribution < -0.4 is 10.8 Å². The Bertz CT molecular complexity index is 1050. The Morgan fingerprint density at radius 2 is 2.06 bits per heavy atom. The third-order valence-electron chi connectivity index (χ3n) is 4.60. The fourth-order valence-electron chi connectivity index (χ4n) is 2.74. The van der Waals surface area contributed by atoms with Crippen LogP contribution in [0.15, 0.2) is 39.9 Å². The van der Waals surface area contributed by atoms with Crippen LogP contribution in [0.4, 0.5) is 10.5 Å². The van der Waals surface area contributed by atoms with E-state index in [-0.39, 0.29) is 30.5 Å². The second kappa shape index (κ2) is 9.94. The molecular formula is C20H21N5O7. The number of carbonyl (C=O) groups excluding carboxylic acids is 3. The number of hydrogen-bond acceptors (Lipinski definition) is 9. The zero-order chi connectivity index (χ0) is 23.3. The number of hydroxylamine groups is 1. The lowest BCUT2D eigenvalue weighted by Crippen LogP contribution is -2.35. The summed E-state index contributed by atoms with van der Waals surface area (Å²) in [6.45, 7) is 3.51. The molecule has 0 unspecified atom stereocenters. The molecule has 12 heteroatoms. The molecule has 3 rings (SSSR count). The Morgan fingerprint density at radius 3 is 2.62 bits per heavy atom. The van der Waals surface area contributed by atoms with E-state index in [4.69, 9.17) is 9.25 Å². The van der Waals surface area contributed by atoms with Gasteiger partial charge in [0, 0.05) is 23.3 Å². The Kier molecular flexibility index (Phi) is 7.07. The summed E-state index contributed by atoms with van der Waals surface area (Å²) in [7, 11) is 0. The molecule has 0 aliphatic carbocycles. The SMILES string of the molecule is CC(C)[C@@H](C=O)NOCc1cc(-c2ccc([N+](=O)[O-])cc2)oc1/C=N/N1CC(=O)NC1=O. The Morgan fingerprint density at radius 1 is 1.34 bits per heavy atom. The van der Waals surface area contributed by atoms with Crippen molar-refractivity contribution in [1.82, 2.24) is 15.8 Å². The number of carbonyl (C=O) groups is 3. The summed E-state index contributed by atoms with van der Waals surface area (Å²) in [5.74, 6) is 0.177. The minimum atomic E-state index is -0.654. The molecule has 1 aromatic heterocycles. The van der Waals surface area contributed by atoms with E-state index in [9.17, 15) is 24.5 Å². The number of nitrogens with zero attached hydrogens (tertiary/aromatic N) is 3. The van der Waals surface area contributed by atoms with Crippen molar-refractivity contribution in [3.8, 4) is 11.3 Å².